The monoisotopic (exact) mass is 406 g/mol. The van der Waals surface area contributed by atoms with Gasteiger partial charge in [0.15, 0.2) is 5.69 Å². The van der Waals surface area contributed by atoms with Crippen LogP contribution in [0.15, 0.2) is 54.6 Å². The van der Waals surface area contributed by atoms with E-state index in [4.69, 9.17) is 0 Å². The predicted molar refractivity (Wildman–Crippen MR) is 117 cm³/mol. The Bertz CT molecular complexity index is 998. The Kier molecular flexibility index (Phi) is 6.12. The standard InChI is InChI=1S/C24H27FN4O/c1-28(19-8-3-2-4-9-19)17-6-5-16-26-24(30)23-21-10-7-11-22(21)29(27-23)20-14-12-18(25)13-15-20/h2-4,8-9,12-15H,5-7,10-11,16-17H2,1H3,(H,26,30). The van der Waals surface area contributed by atoms with Gasteiger partial charge in [0, 0.05) is 37.1 Å². The Hall–Kier alpha value is -3.15. The molecule has 1 amide bonds. The van der Waals surface area contributed by atoms with Gasteiger partial charge in [0.05, 0.1) is 5.69 Å². The van der Waals surface area contributed by atoms with Crippen molar-refractivity contribution in [2.24, 2.45) is 0 Å². The van der Waals surface area contributed by atoms with Gasteiger partial charge in [-0.1, -0.05) is 18.2 Å². The van der Waals surface area contributed by atoms with Gasteiger partial charge >= 0.3 is 0 Å². The SMILES string of the molecule is CN(CCCCNC(=O)c1nn(-c2ccc(F)cc2)c2c1CCC2)c1ccccc1. The molecule has 0 bridgehead atoms. The molecule has 0 saturated carbocycles. The summed E-state index contributed by atoms with van der Waals surface area (Å²) in [5.74, 6) is -0.399. The average molecular weight is 407 g/mol. The molecule has 30 heavy (non-hydrogen) atoms. The number of rotatable bonds is 8. The number of carbonyl (C=O) groups is 1. The maximum atomic E-state index is 13.3. The summed E-state index contributed by atoms with van der Waals surface area (Å²) in [7, 11) is 2.08. The first-order valence-corrected chi connectivity index (χ1v) is 10.5. The number of halogens is 1. The second-order valence-electron chi connectivity index (χ2n) is 7.74. The number of anilines is 1. The molecule has 1 aliphatic rings. The van der Waals surface area contributed by atoms with Gasteiger partial charge < -0.3 is 10.2 Å². The number of benzene rings is 2. The number of fused-ring (bicyclic) bond motifs is 1. The first-order valence-electron chi connectivity index (χ1n) is 10.5. The molecule has 0 spiro atoms. The molecule has 1 aliphatic carbocycles. The number of hydrogen-bond acceptors (Lipinski definition) is 3. The van der Waals surface area contributed by atoms with Crippen LogP contribution in [0.25, 0.3) is 5.69 Å². The molecule has 6 heteroatoms. The average Bonchev–Trinajstić information content (AvgIpc) is 3.37. The molecule has 156 valence electrons. The molecule has 0 radical (unpaired) electrons. The van der Waals surface area contributed by atoms with Crippen molar-refractivity contribution < 1.29 is 9.18 Å². The molecule has 0 aliphatic heterocycles. The van der Waals surface area contributed by atoms with Gasteiger partial charge in [0.2, 0.25) is 0 Å². The van der Waals surface area contributed by atoms with E-state index in [2.05, 4.69) is 34.5 Å². The number of aromatic nitrogens is 2. The van der Waals surface area contributed by atoms with Crippen molar-refractivity contribution in [2.45, 2.75) is 32.1 Å². The highest BCUT2D eigenvalue weighted by molar-refractivity contribution is 5.94. The number of nitrogens with one attached hydrogen (secondary N) is 1. The van der Waals surface area contributed by atoms with Gasteiger partial charge in [-0.05, 0) is 68.5 Å². The first kappa shape index (κ1) is 20.1. The molecule has 2 aromatic carbocycles. The van der Waals surface area contributed by atoms with Crippen LogP contribution in [0.4, 0.5) is 10.1 Å². The number of nitrogens with zero attached hydrogens (tertiary/aromatic N) is 3. The highest BCUT2D eigenvalue weighted by Crippen LogP contribution is 2.28. The van der Waals surface area contributed by atoms with E-state index in [1.807, 2.05) is 18.2 Å². The largest absolute Gasteiger partial charge is 0.375 e. The summed E-state index contributed by atoms with van der Waals surface area (Å²) in [6, 6.07) is 16.5. The minimum absolute atomic E-state index is 0.120. The van der Waals surface area contributed by atoms with E-state index in [1.54, 1.807) is 16.8 Å². The Morgan fingerprint density at radius 3 is 2.63 bits per heavy atom. The lowest BCUT2D eigenvalue weighted by Crippen LogP contribution is -2.27. The molecule has 1 heterocycles. The summed E-state index contributed by atoms with van der Waals surface area (Å²) < 4.78 is 15.1. The van der Waals surface area contributed by atoms with Crippen molar-refractivity contribution in [1.82, 2.24) is 15.1 Å². The summed E-state index contributed by atoms with van der Waals surface area (Å²) in [5.41, 5.74) is 4.59. The number of carbonyl (C=O) groups excluding carboxylic acids is 1. The van der Waals surface area contributed by atoms with E-state index >= 15 is 0 Å². The first-order chi connectivity index (χ1) is 14.6. The second kappa shape index (κ2) is 9.11. The van der Waals surface area contributed by atoms with Gasteiger partial charge in [0.25, 0.3) is 5.91 Å². The van der Waals surface area contributed by atoms with Crippen molar-refractivity contribution in [3.63, 3.8) is 0 Å². The molecule has 4 rings (SSSR count). The van der Waals surface area contributed by atoms with E-state index in [-0.39, 0.29) is 11.7 Å². The predicted octanol–water partition coefficient (Wildman–Crippen LogP) is 4.15. The quantitative estimate of drug-likeness (QED) is 0.572. The topological polar surface area (TPSA) is 50.2 Å². The fourth-order valence-corrected chi connectivity index (χ4v) is 3.99. The third-order valence-corrected chi connectivity index (χ3v) is 5.62. The van der Waals surface area contributed by atoms with Crippen molar-refractivity contribution in [3.05, 3.63) is 77.4 Å². The molecule has 1 N–H and O–H groups in total. The second-order valence-corrected chi connectivity index (χ2v) is 7.74. The summed E-state index contributed by atoms with van der Waals surface area (Å²) in [5, 5.41) is 7.60. The lowest BCUT2D eigenvalue weighted by Gasteiger charge is -2.19. The molecule has 5 nitrogen and oxygen atoms in total. The number of amides is 1. The lowest BCUT2D eigenvalue weighted by molar-refractivity contribution is 0.0946. The smallest absolute Gasteiger partial charge is 0.272 e. The lowest BCUT2D eigenvalue weighted by atomic mass is 10.2. The van der Waals surface area contributed by atoms with Crippen LogP contribution in [-0.2, 0) is 12.8 Å². The van der Waals surface area contributed by atoms with E-state index in [9.17, 15) is 9.18 Å². The van der Waals surface area contributed by atoms with Crippen LogP contribution in [0.1, 0.15) is 41.0 Å². The van der Waals surface area contributed by atoms with Crippen LogP contribution in [0.2, 0.25) is 0 Å². The van der Waals surface area contributed by atoms with Crippen molar-refractivity contribution >= 4 is 11.6 Å². The summed E-state index contributed by atoms with van der Waals surface area (Å²) in [6.45, 7) is 1.56. The summed E-state index contributed by atoms with van der Waals surface area (Å²) in [6.07, 6.45) is 4.66. The fourth-order valence-electron chi connectivity index (χ4n) is 3.99. The molecular weight excluding hydrogens is 379 g/mol. The zero-order valence-electron chi connectivity index (χ0n) is 17.3. The van der Waals surface area contributed by atoms with E-state index < -0.39 is 0 Å². The van der Waals surface area contributed by atoms with Crippen LogP contribution < -0.4 is 10.2 Å². The van der Waals surface area contributed by atoms with Gasteiger partial charge in [-0.3, -0.25) is 4.79 Å². The maximum Gasteiger partial charge on any atom is 0.272 e. The molecular formula is C24H27FN4O. The Labute approximate surface area is 176 Å². The van der Waals surface area contributed by atoms with Crippen LogP contribution in [0, 0.1) is 5.82 Å². The van der Waals surface area contributed by atoms with Crippen LogP contribution in [-0.4, -0.2) is 35.8 Å². The molecule has 3 aromatic rings. The Morgan fingerprint density at radius 1 is 1.10 bits per heavy atom. The van der Waals surface area contributed by atoms with Gasteiger partial charge in [-0.15, -0.1) is 0 Å². The van der Waals surface area contributed by atoms with Crippen LogP contribution >= 0.6 is 0 Å². The van der Waals surface area contributed by atoms with Crippen molar-refractivity contribution in [3.8, 4) is 5.69 Å². The minimum Gasteiger partial charge on any atom is -0.375 e. The summed E-state index contributed by atoms with van der Waals surface area (Å²) in [4.78, 5) is 15.0. The third-order valence-electron chi connectivity index (χ3n) is 5.62. The molecule has 1 aromatic heterocycles. The highest BCUT2D eigenvalue weighted by atomic mass is 19.1. The molecule has 0 atom stereocenters. The van der Waals surface area contributed by atoms with E-state index in [0.29, 0.717) is 12.2 Å². The van der Waals surface area contributed by atoms with E-state index in [0.717, 1.165) is 55.6 Å². The highest BCUT2D eigenvalue weighted by Gasteiger charge is 2.26. The zero-order valence-corrected chi connectivity index (χ0v) is 17.3. The van der Waals surface area contributed by atoms with Crippen molar-refractivity contribution in [2.75, 3.05) is 25.0 Å². The zero-order chi connectivity index (χ0) is 20.9. The third kappa shape index (κ3) is 4.37. The number of para-hydroxylation sites is 1. The molecule has 0 saturated heterocycles. The van der Waals surface area contributed by atoms with Crippen LogP contribution in [0.5, 0.6) is 0 Å². The van der Waals surface area contributed by atoms with Crippen LogP contribution in [0.3, 0.4) is 0 Å². The fraction of sp³-hybridized carbons (Fsp3) is 0.333. The normalized spacial score (nSPS) is 12.6. The van der Waals surface area contributed by atoms with Gasteiger partial charge in [0.1, 0.15) is 5.82 Å². The molecule has 0 fully saturated rings. The minimum atomic E-state index is -0.279. The number of unbranched alkanes of at least 4 members (excludes halogenated alkanes) is 1. The van der Waals surface area contributed by atoms with E-state index in [1.165, 1.54) is 17.8 Å². The Balaban J connectivity index is 1.33. The van der Waals surface area contributed by atoms with Crippen molar-refractivity contribution in [1.29, 1.82) is 0 Å². The Morgan fingerprint density at radius 2 is 1.87 bits per heavy atom. The molecule has 0 unspecified atom stereocenters. The van der Waals surface area contributed by atoms with Gasteiger partial charge in [-0.2, -0.15) is 5.10 Å². The summed E-state index contributed by atoms with van der Waals surface area (Å²) >= 11 is 0. The maximum absolute atomic E-state index is 13.3. The van der Waals surface area contributed by atoms with Gasteiger partial charge in [-0.25, -0.2) is 9.07 Å². The number of hydrogen-bond donors (Lipinski definition) is 1.